The van der Waals surface area contributed by atoms with Crippen molar-refractivity contribution in [3.05, 3.63) is 48.5 Å². The minimum atomic E-state index is 0.602. The van der Waals surface area contributed by atoms with Gasteiger partial charge in [0.25, 0.3) is 0 Å². The maximum absolute atomic E-state index is 4.39. The minimum Gasteiger partial charge on any atom is -0.364 e. The second kappa shape index (κ2) is 4.17. The number of nitrogens with one attached hydrogen (secondary N) is 1. The van der Waals surface area contributed by atoms with Crippen molar-refractivity contribution in [2.75, 3.05) is 5.32 Å². The molecule has 0 aliphatic carbocycles. The largest absolute Gasteiger partial charge is 0.364 e. The van der Waals surface area contributed by atoms with Crippen molar-refractivity contribution < 1.29 is 0 Å². The first kappa shape index (κ1) is 9.71. The molecule has 6 nitrogen and oxygen atoms in total. The van der Waals surface area contributed by atoms with Gasteiger partial charge in [0.1, 0.15) is 5.82 Å². The van der Waals surface area contributed by atoms with Crippen LogP contribution in [0.15, 0.2) is 42.9 Å². The van der Waals surface area contributed by atoms with Crippen LogP contribution in [0.2, 0.25) is 0 Å². The molecule has 0 spiro atoms. The van der Waals surface area contributed by atoms with Crippen molar-refractivity contribution in [2.45, 2.75) is 6.54 Å². The van der Waals surface area contributed by atoms with Crippen molar-refractivity contribution >= 4 is 11.5 Å². The zero-order valence-electron chi connectivity index (χ0n) is 8.98. The number of aromatic nitrogens is 5. The number of rotatable bonds is 3. The van der Waals surface area contributed by atoms with E-state index in [2.05, 4.69) is 25.6 Å². The van der Waals surface area contributed by atoms with Gasteiger partial charge in [-0.15, -0.1) is 0 Å². The lowest BCUT2D eigenvalue weighted by atomic mass is 10.4. The van der Waals surface area contributed by atoms with Crippen molar-refractivity contribution in [1.82, 2.24) is 24.8 Å². The highest BCUT2D eigenvalue weighted by molar-refractivity contribution is 5.45. The SMILES string of the molecule is c1cnnc(CNc2ccn3nccc3n2)c1. The molecule has 3 heterocycles. The van der Waals surface area contributed by atoms with Crippen LogP contribution in [-0.4, -0.2) is 24.8 Å². The van der Waals surface area contributed by atoms with Crippen LogP contribution in [-0.2, 0) is 6.54 Å². The van der Waals surface area contributed by atoms with E-state index in [1.165, 1.54) is 0 Å². The minimum absolute atomic E-state index is 0.602. The van der Waals surface area contributed by atoms with Gasteiger partial charge < -0.3 is 5.32 Å². The Labute approximate surface area is 97.3 Å². The van der Waals surface area contributed by atoms with E-state index in [1.54, 1.807) is 16.9 Å². The lowest BCUT2D eigenvalue weighted by Gasteiger charge is -2.04. The molecule has 6 heteroatoms. The zero-order chi connectivity index (χ0) is 11.5. The van der Waals surface area contributed by atoms with Crippen molar-refractivity contribution in [2.24, 2.45) is 0 Å². The number of nitrogens with zero attached hydrogens (tertiary/aromatic N) is 5. The first-order chi connectivity index (χ1) is 8.42. The molecule has 3 aromatic rings. The summed E-state index contributed by atoms with van der Waals surface area (Å²) >= 11 is 0. The molecule has 84 valence electrons. The van der Waals surface area contributed by atoms with Gasteiger partial charge in [0.05, 0.1) is 18.4 Å². The van der Waals surface area contributed by atoms with E-state index < -0.39 is 0 Å². The predicted octanol–water partition coefficient (Wildman–Crippen LogP) is 1.13. The van der Waals surface area contributed by atoms with E-state index in [1.807, 2.05) is 30.5 Å². The number of hydrogen-bond donors (Lipinski definition) is 1. The Morgan fingerprint density at radius 1 is 1.18 bits per heavy atom. The summed E-state index contributed by atoms with van der Waals surface area (Å²) in [5.74, 6) is 0.795. The lowest BCUT2D eigenvalue weighted by Crippen LogP contribution is -2.04. The second-order valence-electron chi connectivity index (χ2n) is 3.52. The van der Waals surface area contributed by atoms with Gasteiger partial charge in [-0.2, -0.15) is 15.3 Å². The third-order valence-corrected chi connectivity index (χ3v) is 2.34. The average molecular weight is 226 g/mol. The Balaban J connectivity index is 1.76. The van der Waals surface area contributed by atoms with Crippen LogP contribution in [0, 0.1) is 0 Å². The van der Waals surface area contributed by atoms with Crippen molar-refractivity contribution in [3.8, 4) is 0 Å². The third-order valence-electron chi connectivity index (χ3n) is 2.34. The van der Waals surface area contributed by atoms with Gasteiger partial charge in [-0.1, -0.05) is 0 Å². The Kier molecular flexibility index (Phi) is 2.38. The van der Waals surface area contributed by atoms with Gasteiger partial charge in [-0.05, 0) is 18.2 Å². The fourth-order valence-corrected chi connectivity index (χ4v) is 1.52. The Hall–Kier alpha value is -2.50. The maximum Gasteiger partial charge on any atom is 0.157 e. The topological polar surface area (TPSA) is 68.0 Å². The van der Waals surface area contributed by atoms with Gasteiger partial charge >= 0.3 is 0 Å². The average Bonchev–Trinajstić information content (AvgIpc) is 2.85. The highest BCUT2D eigenvalue weighted by Gasteiger charge is 1.99. The van der Waals surface area contributed by atoms with Crippen molar-refractivity contribution in [1.29, 1.82) is 0 Å². The zero-order valence-corrected chi connectivity index (χ0v) is 8.98. The van der Waals surface area contributed by atoms with Crippen LogP contribution >= 0.6 is 0 Å². The van der Waals surface area contributed by atoms with Crippen molar-refractivity contribution in [3.63, 3.8) is 0 Å². The molecule has 0 fully saturated rings. The van der Waals surface area contributed by atoms with Crippen LogP contribution in [0.3, 0.4) is 0 Å². The summed E-state index contributed by atoms with van der Waals surface area (Å²) in [6.45, 7) is 0.602. The molecule has 0 unspecified atom stereocenters. The van der Waals surface area contributed by atoms with Crippen LogP contribution < -0.4 is 5.32 Å². The summed E-state index contributed by atoms with van der Waals surface area (Å²) < 4.78 is 1.72. The molecule has 0 amide bonds. The van der Waals surface area contributed by atoms with E-state index in [0.29, 0.717) is 6.54 Å². The monoisotopic (exact) mass is 226 g/mol. The fraction of sp³-hybridized carbons (Fsp3) is 0.0909. The second-order valence-corrected chi connectivity index (χ2v) is 3.52. The molecule has 0 saturated heterocycles. The molecule has 0 atom stereocenters. The number of hydrogen-bond acceptors (Lipinski definition) is 5. The van der Waals surface area contributed by atoms with E-state index in [4.69, 9.17) is 0 Å². The van der Waals surface area contributed by atoms with E-state index in [-0.39, 0.29) is 0 Å². The first-order valence-electron chi connectivity index (χ1n) is 5.23. The summed E-state index contributed by atoms with van der Waals surface area (Å²) in [6, 6.07) is 7.50. The molecule has 1 N–H and O–H groups in total. The van der Waals surface area contributed by atoms with Crippen LogP contribution in [0.4, 0.5) is 5.82 Å². The first-order valence-corrected chi connectivity index (χ1v) is 5.23. The summed E-state index contributed by atoms with van der Waals surface area (Å²) in [7, 11) is 0. The van der Waals surface area contributed by atoms with Gasteiger partial charge in [0.15, 0.2) is 5.65 Å². The Bertz CT molecular complexity index is 618. The van der Waals surface area contributed by atoms with Crippen LogP contribution in [0.25, 0.3) is 5.65 Å². The molecule has 0 aromatic carbocycles. The van der Waals surface area contributed by atoms with Crippen LogP contribution in [0.5, 0.6) is 0 Å². The molecular weight excluding hydrogens is 216 g/mol. The van der Waals surface area contributed by atoms with Crippen LogP contribution in [0.1, 0.15) is 5.69 Å². The molecular formula is C11H10N6. The highest BCUT2D eigenvalue weighted by Crippen LogP contribution is 2.06. The normalized spacial score (nSPS) is 10.6. The van der Waals surface area contributed by atoms with E-state index in [9.17, 15) is 0 Å². The fourth-order valence-electron chi connectivity index (χ4n) is 1.52. The molecule has 0 saturated carbocycles. The smallest absolute Gasteiger partial charge is 0.157 e. The molecule has 0 aliphatic rings. The molecule has 17 heavy (non-hydrogen) atoms. The summed E-state index contributed by atoms with van der Waals surface area (Å²) in [6.07, 6.45) is 5.23. The van der Waals surface area contributed by atoms with Gasteiger partial charge in [0.2, 0.25) is 0 Å². The Morgan fingerprint density at radius 3 is 3.06 bits per heavy atom. The molecule has 0 bridgehead atoms. The van der Waals surface area contributed by atoms with Gasteiger partial charge in [-0.3, -0.25) is 0 Å². The quantitative estimate of drug-likeness (QED) is 0.725. The van der Waals surface area contributed by atoms with E-state index >= 15 is 0 Å². The van der Waals surface area contributed by atoms with Gasteiger partial charge in [-0.25, -0.2) is 9.50 Å². The number of anilines is 1. The third kappa shape index (κ3) is 2.05. The molecule has 0 aliphatic heterocycles. The molecule has 3 rings (SSSR count). The summed E-state index contributed by atoms with van der Waals surface area (Å²) in [5.41, 5.74) is 1.69. The predicted molar refractivity (Wildman–Crippen MR) is 62.3 cm³/mol. The summed E-state index contributed by atoms with van der Waals surface area (Å²) in [4.78, 5) is 4.39. The Morgan fingerprint density at radius 2 is 2.18 bits per heavy atom. The molecule has 3 aromatic heterocycles. The highest BCUT2D eigenvalue weighted by atomic mass is 15.2. The standard InChI is InChI=1S/C11H10N6/c1-2-9(16-13-5-1)8-12-10-4-7-17-11(15-10)3-6-14-17/h1-7H,8H2,(H,12,15). The molecule has 0 radical (unpaired) electrons. The summed E-state index contributed by atoms with van der Waals surface area (Å²) in [5, 5.41) is 15.1. The number of fused-ring (bicyclic) bond motifs is 1. The van der Waals surface area contributed by atoms with Gasteiger partial charge in [0, 0.05) is 18.5 Å². The maximum atomic E-state index is 4.39. The lowest BCUT2D eigenvalue weighted by molar-refractivity contribution is 0.910. The van der Waals surface area contributed by atoms with E-state index in [0.717, 1.165) is 17.2 Å².